The van der Waals surface area contributed by atoms with E-state index in [1.54, 1.807) is 66.6 Å². The zero-order chi connectivity index (χ0) is 24.4. The van der Waals surface area contributed by atoms with Gasteiger partial charge in [-0.25, -0.2) is 4.98 Å². The van der Waals surface area contributed by atoms with Crippen molar-refractivity contribution in [3.8, 4) is 11.4 Å². The van der Waals surface area contributed by atoms with Crippen molar-refractivity contribution in [2.45, 2.75) is 18.0 Å². The Labute approximate surface area is 206 Å². The van der Waals surface area contributed by atoms with E-state index in [1.165, 1.54) is 16.3 Å². The predicted molar refractivity (Wildman–Crippen MR) is 137 cm³/mol. The van der Waals surface area contributed by atoms with Gasteiger partial charge >= 0.3 is 0 Å². The van der Waals surface area contributed by atoms with Crippen molar-refractivity contribution in [1.82, 2.24) is 9.55 Å². The van der Waals surface area contributed by atoms with E-state index in [4.69, 9.17) is 9.72 Å². The summed E-state index contributed by atoms with van der Waals surface area (Å²) in [6, 6.07) is 21.5. The third kappa shape index (κ3) is 4.44. The molecule has 0 aliphatic carbocycles. The molecule has 0 spiro atoms. The van der Waals surface area contributed by atoms with Crippen LogP contribution in [0.3, 0.4) is 0 Å². The first-order chi connectivity index (χ1) is 17.1. The van der Waals surface area contributed by atoms with Crippen LogP contribution in [0, 0.1) is 0 Å². The Morgan fingerprint density at radius 2 is 1.74 bits per heavy atom. The highest BCUT2D eigenvalue weighted by Gasteiger charge is 2.22. The quantitative estimate of drug-likeness (QED) is 0.218. The van der Waals surface area contributed by atoms with Crippen LogP contribution in [0.2, 0.25) is 0 Å². The molecule has 5 rings (SSSR count). The predicted octanol–water partition coefficient (Wildman–Crippen LogP) is 4.50. The summed E-state index contributed by atoms with van der Waals surface area (Å²) in [5, 5.41) is 0.895. The third-order valence-electron chi connectivity index (χ3n) is 5.98. The van der Waals surface area contributed by atoms with Gasteiger partial charge in [-0.1, -0.05) is 36.0 Å². The zero-order valence-electron chi connectivity index (χ0n) is 19.1. The average Bonchev–Trinajstić information content (AvgIpc) is 3.33. The number of amides is 1. The lowest BCUT2D eigenvalue weighted by molar-refractivity contribution is -0.117. The summed E-state index contributed by atoms with van der Waals surface area (Å²) in [7, 11) is 1.55. The molecule has 7 nitrogen and oxygen atoms in total. The van der Waals surface area contributed by atoms with E-state index in [9.17, 15) is 14.4 Å². The molecular formula is C27H23N3O4S. The van der Waals surface area contributed by atoms with Gasteiger partial charge in [0.25, 0.3) is 5.56 Å². The third-order valence-corrected chi connectivity index (χ3v) is 6.92. The van der Waals surface area contributed by atoms with E-state index in [0.29, 0.717) is 46.0 Å². The number of anilines is 1. The van der Waals surface area contributed by atoms with Crippen molar-refractivity contribution in [3.05, 3.63) is 88.7 Å². The van der Waals surface area contributed by atoms with Gasteiger partial charge < -0.3 is 9.64 Å². The number of aromatic nitrogens is 2. The number of fused-ring (bicyclic) bond motifs is 1. The first kappa shape index (κ1) is 22.9. The largest absolute Gasteiger partial charge is 0.495 e. The molecule has 3 aromatic carbocycles. The molecule has 2 heterocycles. The number of carbonyl (C=O) groups excluding carboxylic acids is 2. The molecule has 1 aliphatic heterocycles. The van der Waals surface area contributed by atoms with Crippen molar-refractivity contribution in [3.63, 3.8) is 0 Å². The average molecular weight is 486 g/mol. The maximum atomic E-state index is 13.5. The Balaban J connectivity index is 1.45. The number of hydrogen-bond donors (Lipinski definition) is 0. The van der Waals surface area contributed by atoms with E-state index in [0.717, 1.165) is 12.1 Å². The molecule has 1 aromatic heterocycles. The van der Waals surface area contributed by atoms with Gasteiger partial charge in [-0.2, -0.15) is 0 Å². The summed E-state index contributed by atoms with van der Waals surface area (Å²) in [6.45, 7) is 0.704. The fourth-order valence-electron chi connectivity index (χ4n) is 4.20. The zero-order valence-corrected chi connectivity index (χ0v) is 20.0. The van der Waals surface area contributed by atoms with E-state index < -0.39 is 0 Å². The topological polar surface area (TPSA) is 81.5 Å². The SMILES string of the molecule is COc1ccccc1-n1c(SCC(=O)c2ccc(N3CCCC3=O)cc2)nc2ccccc2c1=O. The minimum absolute atomic E-state index is 0.0942. The van der Waals surface area contributed by atoms with Gasteiger partial charge in [0, 0.05) is 24.2 Å². The Morgan fingerprint density at radius 3 is 2.49 bits per heavy atom. The van der Waals surface area contributed by atoms with Gasteiger partial charge in [0.15, 0.2) is 10.9 Å². The molecule has 0 unspecified atom stereocenters. The minimum atomic E-state index is -0.227. The molecule has 0 N–H and O–H groups in total. The van der Waals surface area contributed by atoms with Crippen LogP contribution in [0.25, 0.3) is 16.6 Å². The monoisotopic (exact) mass is 485 g/mol. The van der Waals surface area contributed by atoms with E-state index in [-0.39, 0.29) is 23.0 Å². The molecule has 0 radical (unpaired) electrons. The molecule has 0 saturated carbocycles. The number of nitrogens with zero attached hydrogens (tertiary/aromatic N) is 3. The molecular weight excluding hydrogens is 462 g/mol. The molecule has 1 aliphatic rings. The first-order valence-electron chi connectivity index (χ1n) is 11.3. The van der Waals surface area contributed by atoms with E-state index in [2.05, 4.69) is 0 Å². The first-order valence-corrected chi connectivity index (χ1v) is 12.3. The lowest BCUT2D eigenvalue weighted by atomic mass is 10.1. The molecule has 1 amide bonds. The van der Waals surface area contributed by atoms with Gasteiger partial charge in [-0.3, -0.25) is 19.0 Å². The van der Waals surface area contributed by atoms with Crippen molar-refractivity contribution in [1.29, 1.82) is 0 Å². The van der Waals surface area contributed by atoms with Crippen LogP contribution in [0.15, 0.2) is 82.7 Å². The highest BCUT2D eigenvalue weighted by molar-refractivity contribution is 7.99. The van der Waals surface area contributed by atoms with Crippen LogP contribution >= 0.6 is 11.8 Å². The molecule has 4 aromatic rings. The number of ether oxygens (including phenoxy) is 1. The summed E-state index contributed by atoms with van der Waals surface area (Å²) in [4.78, 5) is 44.9. The Kier molecular flexibility index (Phi) is 6.37. The molecule has 8 heteroatoms. The lowest BCUT2D eigenvalue weighted by Crippen LogP contribution is -2.23. The molecule has 1 fully saturated rings. The number of hydrogen-bond acceptors (Lipinski definition) is 6. The van der Waals surface area contributed by atoms with Crippen molar-refractivity contribution < 1.29 is 14.3 Å². The van der Waals surface area contributed by atoms with Gasteiger partial charge in [0.2, 0.25) is 5.91 Å². The van der Waals surface area contributed by atoms with Crippen molar-refractivity contribution in [2.24, 2.45) is 0 Å². The van der Waals surface area contributed by atoms with Crippen LogP contribution in [0.4, 0.5) is 5.69 Å². The van der Waals surface area contributed by atoms with Crippen LogP contribution < -0.4 is 15.2 Å². The Hall–Kier alpha value is -3.91. The smallest absolute Gasteiger partial charge is 0.266 e. The van der Waals surface area contributed by atoms with Crippen LogP contribution in [0.5, 0.6) is 5.75 Å². The number of rotatable bonds is 7. The number of thioether (sulfide) groups is 1. The second-order valence-electron chi connectivity index (χ2n) is 8.13. The second kappa shape index (κ2) is 9.76. The number of para-hydroxylation sites is 3. The van der Waals surface area contributed by atoms with Crippen LogP contribution in [-0.2, 0) is 4.79 Å². The molecule has 0 bridgehead atoms. The number of benzene rings is 3. The fourth-order valence-corrected chi connectivity index (χ4v) is 5.10. The number of methoxy groups -OCH3 is 1. The summed E-state index contributed by atoms with van der Waals surface area (Å²) in [5.41, 5.74) is 2.25. The maximum Gasteiger partial charge on any atom is 0.266 e. The summed E-state index contributed by atoms with van der Waals surface area (Å²) in [5.74, 6) is 0.647. The maximum absolute atomic E-state index is 13.5. The summed E-state index contributed by atoms with van der Waals surface area (Å²) >= 11 is 1.21. The van der Waals surface area contributed by atoms with Gasteiger partial charge in [0.1, 0.15) is 5.75 Å². The normalized spacial score (nSPS) is 13.4. The van der Waals surface area contributed by atoms with Crippen LogP contribution in [0.1, 0.15) is 23.2 Å². The lowest BCUT2D eigenvalue weighted by Gasteiger charge is -2.16. The molecule has 176 valence electrons. The number of Topliss-reactive ketones (excluding diaryl/α,β-unsaturated/α-hetero) is 1. The highest BCUT2D eigenvalue weighted by Crippen LogP contribution is 2.28. The van der Waals surface area contributed by atoms with Crippen molar-refractivity contribution in [2.75, 3.05) is 24.3 Å². The summed E-state index contributed by atoms with van der Waals surface area (Å²) in [6.07, 6.45) is 1.41. The van der Waals surface area contributed by atoms with Gasteiger partial charge in [-0.05, 0) is 55.0 Å². The molecule has 35 heavy (non-hydrogen) atoms. The number of carbonyl (C=O) groups is 2. The fraction of sp³-hybridized carbons (Fsp3) is 0.185. The van der Waals surface area contributed by atoms with Crippen molar-refractivity contribution >= 4 is 40.0 Å². The van der Waals surface area contributed by atoms with Gasteiger partial charge in [-0.15, -0.1) is 0 Å². The standard InChI is InChI=1S/C27H23N3O4S/c1-34-24-10-5-4-9-22(24)30-26(33)20-7-2-3-8-21(20)28-27(30)35-17-23(31)18-12-14-19(15-13-18)29-16-6-11-25(29)32/h2-5,7-10,12-15H,6,11,16-17H2,1H3. The highest BCUT2D eigenvalue weighted by atomic mass is 32.2. The minimum Gasteiger partial charge on any atom is -0.495 e. The molecule has 0 atom stereocenters. The second-order valence-corrected chi connectivity index (χ2v) is 9.07. The van der Waals surface area contributed by atoms with Gasteiger partial charge in [0.05, 0.1) is 29.5 Å². The van der Waals surface area contributed by atoms with E-state index in [1.807, 2.05) is 18.2 Å². The van der Waals surface area contributed by atoms with Crippen LogP contribution in [-0.4, -0.2) is 40.6 Å². The number of ketones is 1. The summed E-state index contributed by atoms with van der Waals surface area (Å²) < 4.78 is 6.99. The Morgan fingerprint density at radius 1 is 1.00 bits per heavy atom. The molecule has 1 saturated heterocycles. The van der Waals surface area contributed by atoms with E-state index >= 15 is 0 Å². The Bertz CT molecular complexity index is 1480.